The van der Waals surface area contributed by atoms with Crippen LogP contribution in [0.25, 0.3) is 0 Å². The van der Waals surface area contributed by atoms with Crippen LogP contribution in [0.2, 0.25) is 5.04 Å². The van der Waals surface area contributed by atoms with E-state index < -0.39 is 74.2 Å². The fraction of sp³-hybridized carbons (Fsp3) is 0.452. The van der Waals surface area contributed by atoms with Crippen molar-refractivity contribution >= 4 is 24.6 Å². The van der Waals surface area contributed by atoms with Crippen molar-refractivity contribution in [3.05, 3.63) is 130 Å². The smallest absolute Gasteiger partial charge is 0.330 e. The van der Waals surface area contributed by atoms with Crippen LogP contribution in [0, 0.1) is 0 Å². The summed E-state index contributed by atoms with van der Waals surface area (Å²) >= 11 is 0. The minimum atomic E-state index is -3.02. The first-order valence-corrected chi connectivity index (χ1v) is 21.0. The summed E-state index contributed by atoms with van der Waals surface area (Å²) in [4.78, 5) is 43.3. The number of aliphatic hydroxyl groups is 1. The number of nitrogens with zero attached hydrogens (tertiary/aromatic N) is 2. The molecule has 1 aromatic heterocycles. The van der Waals surface area contributed by atoms with E-state index in [-0.39, 0.29) is 24.1 Å². The van der Waals surface area contributed by atoms with Crippen LogP contribution in [0.5, 0.6) is 0 Å². The molecule has 3 fully saturated rings. The van der Waals surface area contributed by atoms with Gasteiger partial charge in [-0.1, -0.05) is 112 Å². The molecule has 0 unspecified atom stereocenters. The summed E-state index contributed by atoms with van der Waals surface area (Å²) in [6.45, 7) is 10.7. The predicted octanol–water partition coefficient (Wildman–Crippen LogP) is 2.28. The average Bonchev–Trinajstić information content (AvgIpc) is 3.64. The van der Waals surface area contributed by atoms with Crippen molar-refractivity contribution in [2.45, 2.75) is 101 Å². The molecule has 0 saturated carbocycles. The summed E-state index contributed by atoms with van der Waals surface area (Å²) in [6.07, 6.45) is -4.46. The number of hydrogen-bond donors (Lipinski definition) is 3. The number of aromatic nitrogens is 2. The first-order valence-electron chi connectivity index (χ1n) is 19.1. The summed E-state index contributed by atoms with van der Waals surface area (Å²) in [5.41, 5.74) is -0.283. The number of fused-ring (bicyclic) bond motifs is 1. The molecule has 0 bridgehead atoms. The van der Waals surface area contributed by atoms with E-state index in [4.69, 9.17) is 23.4 Å². The molecule has 0 spiro atoms. The molecule has 0 aliphatic carbocycles. The molecule has 3 saturated heterocycles. The second-order valence-electron chi connectivity index (χ2n) is 16.3. The van der Waals surface area contributed by atoms with Gasteiger partial charge in [-0.05, 0) is 34.8 Å². The predicted molar refractivity (Wildman–Crippen MR) is 212 cm³/mol. The van der Waals surface area contributed by atoms with Gasteiger partial charge in [0.05, 0.1) is 25.4 Å². The van der Waals surface area contributed by atoms with E-state index in [1.165, 1.54) is 16.8 Å². The standard InChI is InChI=1S/C42H52N4O9Si/c1-41(2,3)56(28-18-12-8-13-19-28,29-20-14-9-15-21-29)52-26-30-31(51-25-27-16-10-7-11-17-27)24-43-33(38(49)45(30)6)34(48)35-36-37(55-42(4,5)54-36)39(53-35)46-23-22-32(47)44-40(46)50/h7-23,30-31,33-37,39,43,48H,24-26H2,1-6H3,(H,44,47,50)/t30-,31+,33+,34+,35-,36-,37-,39-/m1/s1. The normalized spacial score (nSPS) is 27.2. The molecule has 4 aromatic rings. The summed E-state index contributed by atoms with van der Waals surface area (Å²) in [6, 6.07) is 30.0. The van der Waals surface area contributed by atoms with Crippen molar-refractivity contribution in [3.8, 4) is 0 Å². The highest BCUT2D eigenvalue weighted by molar-refractivity contribution is 6.99. The molecule has 4 heterocycles. The Morgan fingerprint density at radius 3 is 2.07 bits per heavy atom. The molecule has 56 heavy (non-hydrogen) atoms. The van der Waals surface area contributed by atoms with Gasteiger partial charge in [0.25, 0.3) is 13.9 Å². The lowest BCUT2D eigenvalue weighted by Crippen LogP contribution is -2.68. The lowest BCUT2D eigenvalue weighted by molar-refractivity contribution is -0.209. The largest absolute Gasteiger partial charge is 0.405 e. The van der Waals surface area contributed by atoms with Crippen LogP contribution in [0.1, 0.15) is 46.4 Å². The molecule has 14 heteroatoms. The number of aromatic amines is 1. The number of rotatable bonds is 11. The molecule has 8 atom stereocenters. The second-order valence-corrected chi connectivity index (χ2v) is 20.6. The van der Waals surface area contributed by atoms with Crippen molar-refractivity contribution < 1.29 is 33.3 Å². The third-order valence-electron chi connectivity index (χ3n) is 11.1. The Balaban J connectivity index is 1.21. The zero-order valence-corrected chi connectivity index (χ0v) is 33.7. The number of H-pyrrole nitrogens is 1. The monoisotopic (exact) mass is 784 g/mol. The highest BCUT2D eigenvalue weighted by atomic mass is 28.4. The van der Waals surface area contributed by atoms with Gasteiger partial charge < -0.3 is 38.7 Å². The molecule has 1 amide bonds. The Morgan fingerprint density at radius 1 is 0.893 bits per heavy atom. The molecule has 13 nitrogen and oxygen atoms in total. The number of likely N-dealkylation sites (N-methyl/N-ethyl adjacent to an activating group) is 1. The van der Waals surface area contributed by atoms with Crippen molar-refractivity contribution in [1.82, 2.24) is 19.8 Å². The highest BCUT2D eigenvalue weighted by Gasteiger charge is 2.60. The summed E-state index contributed by atoms with van der Waals surface area (Å²) in [7, 11) is -1.30. The summed E-state index contributed by atoms with van der Waals surface area (Å²) in [5.74, 6) is -1.46. The lowest BCUT2D eigenvalue weighted by atomic mass is 9.98. The Hall–Kier alpha value is -4.25. The van der Waals surface area contributed by atoms with Crippen LogP contribution in [0.3, 0.4) is 0 Å². The fourth-order valence-electron chi connectivity index (χ4n) is 8.43. The quantitative estimate of drug-likeness (QED) is 0.193. The van der Waals surface area contributed by atoms with Gasteiger partial charge in [0.15, 0.2) is 12.0 Å². The molecule has 3 N–H and O–H groups in total. The number of carbonyl (C=O) groups is 1. The first-order chi connectivity index (χ1) is 26.7. The highest BCUT2D eigenvalue weighted by Crippen LogP contribution is 2.44. The molecule has 298 valence electrons. The van der Waals surface area contributed by atoms with Crippen LogP contribution in [-0.4, -0.2) is 102 Å². The van der Waals surface area contributed by atoms with Gasteiger partial charge in [-0.15, -0.1) is 0 Å². The minimum Gasteiger partial charge on any atom is -0.405 e. The Kier molecular flexibility index (Phi) is 11.4. The third kappa shape index (κ3) is 7.72. The van der Waals surface area contributed by atoms with Crippen LogP contribution >= 0.6 is 0 Å². The number of carbonyl (C=O) groups excluding carboxylic acids is 1. The summed E-state index contributed by atoms with van der Waals surface area (Å²) < 4.78 is 34.0. The van der Waals surface area contributed by atoms with E-state index in [9.17, 15) is 19.5 Å². The van der Waals surface area contributed by atoms with Gasteiger partial charge in [0.2, 0.25) is 5.91 Å². The van der Waals surface area contributed by atoms with Gasteiger partial charge in [-0.2, -0.15) is 0 Å². The van der Waals surface area contributed by atoms with Gasteiger partial charge in [-0.3, -0.25) is 19.1 Å². The van der Waals surface area contributed by atoms with E-state index >= 15 is 0 Å². The topological polar surface area (TPSA) is 154 Å². The van der Waals surface area contributed by atoms with Crippen LogP contribution in [0.15, 0.2) is 113 Å². The van der Waals surface area contributed by atoms with Gasteiger partial charge >= 0.3 is 5.69 Å². The number of ether oxygens (including phenoxy) is 4. The second kappa shape index (κ2) is 15.9. The Labute approximate surface area is 327 Å². The molecule has 0 radical (unpaired) electrons. The van der Waals surface area contributed by atoms with Gasteiger partial charge in [-0.25, -0.2) is 4.79 Å². The van der Waals surface area contributed by atoms with Crippen molar-refractivity contribution in [3.63, 3.8) is 0 Å². The van der Waals surface area contributed by atoms with Gasteiger partial charge in [0, 0.05) is 25.9 Å². The van der Waals surface area contributed by atoms with E-state index in [1.54, 1.807) is 25.8 Å². The zero-order valence-electron chi connectivity index (χ0n) is 32.7. The van der Waals surface area contributed by atoms with E-state index in [0.717, 1.165) is 15.9 Å². The third-order valence-corrected chi connectivity index (χ3v) is 16.1. The molecular formula is C42H52N4O9Si. The Morgan fingerprint density at radius 2 is 1.48 bits per heavy atom. The maximum absolute atomic E-state index is 14.7. The molecule has 3 aromatic carbocycles. The summed E-state index contributed by atoms with van der Waals surface area (Å²) in [5, 5.41) is 17.4. The maximum atomic E-state index is 14.7. The maximum Gasteiger partial charge on any atom is 0.330 e. The van der Waals surface area contributed by atoms with E-state index in [1.807, 2.05) is 66.7 Å². The number of benzene rings is 3. The van der Waals surface area contributed by atoms with E-state index in [0.29, 0.717) is 6.61 Å². The van der Waals surface area contributed by atoms with Crippen molar-refractivity contribution in [2.75, 3.05) is 20.2 Å². The van der Waals surface area contributed by atoms with Crippen molar-refractivity contribution in [2.24, 2.45) is 0 Å². The van der Waals surface area contributed by atoms with Crippen LogP contribution in [0.4, 0.5) is 0 Å². The van der Waals surface area contributed by atoms with Gasteiger partial charge in [0.1, 0.15) is 30.5 Å². The fourth-order valence-corrected chi connectivity index (χ4v) is 13.0. The lowest BCUT2D eigenvalue weighted by Gasteiger charge is -2.45. The van der Waals surface area contributed by atoms with Crippen molar-refractivity contribution in [1.29, 1.82) is 0 Å². The number of aliphatic hydroxyl groups excluding tert-OH is 1. The number of hydrogen-bond acceptors (Lipinski definition) is 10. The van der Waals surface area contributed by atoms with E-state index in [2.05, 4.69) is 55.3 Å². The molecule has 3 aliphatic rings. The van der Waals surface area contributed by atoms with Crippen LogP contribution < -0.4 is 26.9 Å². The average molecular weight is 785 g/mol. The van der Waals surface area contributed by atoms with Crippen LogP contribution in [-0.2, 0) is 34.8 Å². The minimum absolute atomic E-state index is 0.159. The molecule has 3 aliphatic heterocycles. The molecular weight excluding hydrogens is 733 g/mol. The number of nitrogens with one attached hydrogen (secondary N) is 2. The first kappa shape index (κ1) is 40.0. The SMILES string of the molecule is CN1C(=O)[C@H]([C@H](O)[C@H]2O[C@@H](n3ccc(=O)[nH]c3=O)[C@@H]3OC(C)(C)O[C@H]23)NC[C@H](OCc2ccccc2)[C@H]1CO[Si](c1ccccc1)(c1ccccc1)C(C)(C)C. The number of amides is 1. The zero-order chi connectivity index (χ0) is 39.8. The molecule has 7 rings (SSSR count). The Bertz CT molecular complexity index is 2040.